The van der Waals surface area contributed by atoms with Gasteiger partial charge in [-0.2, -0.15) is 5.10 Å². The summed E-state index contributed by atoms with van der Waals surface area (Å²) in [7, 11) is 0. The highest BCUT2D eigenvalue weighted by Crippen LogP contribution is 2.29. The summed E-state index contributed by atoms with van der Waals surface area (Å²) in [5, 5.41) is 5.06. The van der Waals surface area contributed by atoms with Crippen LogP contribution in [-0.2, 0) is 32.2 Å². The van der Waals surface area contributed by atoms with Gasteiger partial charge in [-0.3, -0.25) is 14.3 Å². The van der Waals surface area contributed by atoms with Crippen molar-refractivity contribution in [1.29, 1.82) is 0 Å². The lowest BCUT2D eigenvalue weighted by Crippen LogP contribution is -2.26. The van der Waals surface area contributed by atoms with Crippen molar-refractivity contribution >= 4 is 38.6 Å². The van der Waals surface area contributed by atoms with Crippen LogP contribution in [0.1, 0.15) is 63.0 Å². The topological polar surface area (TPSA) is 79.7 Å². The minimum atomic E-state index is -0.592. The molecule has 0 saturated carbocycles. The van der Waals surface area contributed by atoms with E-state index in [1.165, 1.54) is 11.6 Å². The molecule has 0 N–H and O–H groups in total. The van der Waals surface area contributed by atoms with Crippen LogP contribution >= 0.6 is 15.9 Å². The number of carbonyl (C=O) groups excluding carboxylic acids is 2. The van der Waals surface area contributed by atoms with Crippen molar-refractivity contribution in [1.82, 2.24) is 9.78 Å². The number of ketones is 1. The van der Waals surface area contributed by atoms with Gasteiger partial charge >= 0.3 is 5.97 Å². The first kappa shape index (κ1) is 21.9. The van der Waals surface area contributed by atoms with Gasteiger partial charge in [0.1, 0.15) is 17.8 Å². The van der Waals surface area contributed by atoms with E-state index in [2.05, 4.69) is 21.0 Å². The zero-order valence-electron chi connectivity index (χ0n) is 17.3. The number of rotatable bonds is 6. The van der Waals surface area contributed by atoms with Gasteiger partial charge < -0.3 is 14.2 Å². The first-order chi connectivity index (χ1) is 13.6. The highest BCUT2D eigenvalue weighted by molar-refractivity contribution is 9.10. The summed E-state index contributed by atoms with van der Waals surface area (Å²) in [6, 6.07) is 3.75. The molecule has 3 rings (SSSR count). The SMILES string of the molecule is CC(=O)c1nn(CC(=O)OC(C)(C)C)c2cc(COC3CCCCO3)c(Br)cc12. The van der Waals surface area contributed by atoms with Gasteiger partial charge in [-0.05, 0) is 57.7 Å². The minimum absolute atomic E-state index is 0.0747. The van der Waals surface area contributed by atoms with Crippen LogP contribution in [-0.4, -0.2) is 40.0 Å². The molecular weight excluding hydrogens is 440 g/mol. The quantitative estimate of drug-likeness (QED) is 0.463. The first-order valence-electron chi connectivity index (χ1n) is 9.79. The van der Waals surface area contributed by atoms with Gasteiger partial charge in [-0.1, -0.05) is 15.9 Å². The van der Waals surface area contributed by atoms with Crippen LogP contribution in [0.2, 0.25) is 0 Å². The van der Waals surface area contributed by atoms with E-state index in [1.54, 1.807) is 0 Å². The molecular formula is C21H27BrN2O5. The van der Waals surface area contributed by atoms with E-state index in [-0.39, 0.29) is 18.6 Å². The van der Waals surface area contributed by atoms with Crippen molar-refractivity contribution in [3.05, 3.63) is 27.9 Å². The molecule has 1 fully saturated rings. The van der Waals surface area contributed by atoms with Gasteiger partial charge in [0.2, 0.25) is 0 Å². The van der Waals surface area contributed by atoms with E-state index < -0.39 is 11.6 Å². The molecule has 29 heavy (non-hydrogen) atoms. The number of Topliss-reactive ketones (excluding diaryl/α,β-unsaturated/α-hetero) is 1. The fraction of sp³-hybridized carbons (Fsp3) is 0.571. The maximum atomic E-state index is 12.3. The number of hydrogen-bond donors (Lipinski definition) is 0. The largest absolute Gasteiger partial charge is 0.459 e. The second-order valence-corrected chi connectivity index (χ2v) is 9.07. The summed E-state index contributed by atoms with van der Waals surface area (Å²) in [6.45, 7) is 7.90. The fourth-order valence-electron chi connectivity index (χ4n) is 3.25. The summed E-state index contributed by atoms with van der Waals surface area (Å²) in [5.74, 6) is -0.572. The smallest absolute Gasteiger partial charge is 0.328 e. The molecule has 158 valence electrons. The molecule has 8 heteroatoms. The number of nitrogens with zero attached hydrogens (tertiary/aromatic N) is 2. The van der Waals surface area contributed by atoms with Crippen LogP contribution in [0.15, 0.2) is 16.6 Å². The number of fused-ring (bicyclic) bond motifs is 1. The molecule has 2 aromatic rings. The van der Waals surface area contributed by atoms with Crippen molar-refractivity contribution < 1.29 is 23.8 Å². The van der Waals surface area contributed by atoms with Crippen molar-refractivity contribution in [3.63, 3.8) is 0 Å². The number of carbonyl (C=O) groups is 2. The summed E-state index contributed by atoms with van der Waals surface area (Å²) in [5.41, 5.74) is 1.32. The second-order valence-electron chi connectivity index (χ2n) is 8.22. The van der Waals surface area contributed by atoms with Crippen molar-refractivity contribution in [3.8, 4) is 0 Å². The van der Waals surface area contributed by atoms with Crippen molar-refractivity contribution in [2.24, 2.45) is 0 Å². The predicted molar refractivity (Wildman–Crippen MR) is 112 cm³/mol. The maximum absolute atomic E-state index is 12.3. The Bertz CT molecular complexity index is 910. The van der Waals surface area contributed by atoms with Crippen molar-refractivity contribution in [2.45, 2.75) is 72.0 Å². The highest BCUT2D eigenvalue weighted by atomic mass is 79.9. The number of hydrogen-bond acceptors (Lipinski definition) is 6. The molecule has 1 aromatic carbocycles. The molecule has 1 atom stereocenters. The number of halogens is 1. The van der Waals surface area contributed by atoms with Gasteiger partial charge in [0.05, 0.1) is 12.1 Å². The van der Waals surface area contributed by atoms with Crippen LogP contribution in [0.25, 0.3) is 10.9 Å². The van der Waals surface area contributed by atoms with E-state index in [4.69, 9.17) is 14.2 Å². The summed E-state index contributed by atoms with van der Waals surface area (Å²) < 4.78 is 19.3. The van der Waals surface area contributed by atoms with Crippen LogP contribution in [0.5, 0.6) is 0 Å². The summed E-state index contributed by atoms with van der Waals surface area (Å²) >= 11 is 3.56. The number of esters is 1. The van der Waals surface area contributed by atoms with Gasteiger partial charge in [-0.15, -0.1) is 0 Å². The Morgan fingerprint density at radius 1 is 1.31 bits per heavy atom. The zero-order chi connectivity index (χ0) is 21.2. The average molecular weight is 467 g/mol. The monoisotopic (exact) mass is 466 g/mol. The van der Waals surface area contributed by atoms with E-state index in [9.17, 15) is 9.59 Å². The molecule has 0 spiro atoms. The minimum Gasteiger partial charge on any atom is -0.459 e. The van der Waals surface area contributed by atoms with Crippen LogP contribution in [0.4, 0.5) is 0 Å². The third-order valence-corrected chi connectivity index (χ3v) is 5.25. The van der Waals surface area contributed by atoms with E-state index >= 15 is 0 Å². The highest BCUT2D eigenvalue weighted by Gasteiger charge is 2.22. The lowest BCUT2D eigenvalue weighted by molar-refractivity contribution is -0.169. The van der Waals surface area contributed by atoms with Crippen LogP contribution in [0.3, 0.4) is 0 Å². The van der Waals surface area contributed by atoms with E-state index in [0.29, 0.717) is 23.2 Å². The third-order valence-electron chi connectivity index (χ3n) is 4.51. The molecule has 1 aliphatic rings. The zero-order valence-corrected chi connectivity index (χ0v) is 18.9. The molecule has 2 heterocycles. The Kier molecular flexibility index (Phi) is 6.76. The molecule has 1 aliphatic heterocycles. The molecule has 0 radical (unpaired) electrons. The van der Waals surface area contributed by atoms with Gasteiger partial charge in [0.15, 0.2) is 12.1 Å². The number of ether oxygens (including phenoxy) is 3. The third kappa shape index (κ3) is 5.65. The van der Waals surface area contributed by atoms with Crippen LogP contribution < -0.4 is 0 Å². The molecule has 1 saturated heterocycles. The lowest BCUT2D eigenvalue weighted by Gasteiger charge is -2.23. The second kappa shape index (κ2) is 8.93. The molecule has 7 nitrogen and oxygen atoms in total. The summed E-state index contributed by atoms with van der Waals surface area (Å²) in [6.07, 6.45) is 2.83. The number of aromatic nitrogens is 2. The van der Waals surface area contributed by atoms with Gasteiger partial charge in [-0.25, -0.2) is 0 Å². The Morgan fingerprint density at radius 2 is 2.07 bits per heavy atom. The normalized spacial score (nSPS) is 17.5. The molecule has 0 aliphatic carbocycles. The predicted octanol–water partition coefficient (Wildman–Crippen LogP) is 4.39. The molecule has 1 aromatic heterocycles. The Labute approximate surface area is 178 Å². The molecule has 0 amide bonds. The van der Waals surface area contributed by atoms with Crippen LogP contribution in [0, 0.1) is 0 Å². The Morgan fingerprint density at radius 3 is 2.69 bits per heavy atom. The number of benzene rings is 1. The maximum Gasteiger partial charge on any atom is 0.328 e. The van der Waals surface area contributed by atoms with Crippen molar-refractivity contribution in [2.75, 3.05) is 6.61 Å². The first-order valence-corrected chi connectivity index (χ1v) is 10.6. The molecule has 1 unspecified atom stereocenters. The van der Waals surface area contributed by atoms with Gasteiger partial charge in [0.25, 0.3) is 0 Å². The Hall–Kier alpha value is -1.77. The Balaban J connectivity index is 1.89. The fourth-order valence-corrected chi connectivity index (χ4v) is 3.71. The van der Waals surface area contributed by atoms with Gasteiger partial charge in [0, 0.05) is 23.4 Å². The molecule has 0 bridgehead atoms. The van der Waals surface area contributed by atoms with E-state index in [0.717, 1.165) is 35.9 Å². The summed E-state index contributed by atoms with van der Waals surface area (Å²) in [4.78, 5) is 24.4. The van der Waals surface area contributed by atoms with E-state index in [1.807, 2.05) is 32.9 Å². The standard InChI is InChI=1S/C21H27BrN2O5/c1-13(25)20-15-10-16(22)14(12-28-19-7-5-6-8-27-19)9-17(15)24(23-20)11-18(26)29-21(2,3)4/h9-10,19H,5-8,11-12H2,1-4H3. The lowest BCUT2D eigenvalue weighted by atomic mass is 10.1. The average Bonchev–Trinajstić information content (AvgIpc) is 2.96.